The molecule has 0 unspecified atom stereocenters. The predicted molar refractivity (Wildman–Crippen MR) is 122 cm³/mol. The van der Waals surface area contributed by atoms with Crippen molar-refractivity contribution in [2.24, 2.45) is 5.92 Å². The minimum atomic E-state index is -0.304. The van der Waals surface area contributed by atoms with Crippen molar-refractivity contribution in [2.75, 3.05) is 33.5 Å². The maximum Gasteiger partial charge on any atom is 0.259 e. The van der Waals surface area contributed by atoms with E-state index < -0.39 is 0 Å². The molecule has 1 aromatic heterocycles. The molecule has 0 saturated carbocycles. The number of hydrogen-bond acceptors (Lipinski definition) is 7. The summed E-state index contributed by atoms with van der Waals surface area (Å²) in [7, 11) is 2.04. The van der Waals surface area contributed by atoms with Crippen LogP contribution in [-0.2, 0) is 6.54 Å². The number of aliphatic hydroxyl groups excluding tert-OH is 1. The van der Waals surface area contributed by atoms with E-state index >= 15 is 0 Å². The Morgan fingerprint density at radius 3 is 2.88 bits per heavy atom. The Kier molecular flexibility index (Phi) is 6.88. The second kappa shape index (κ2) is 9.64. The molecule has 2 aliphatic rings. The van der Waals surface area contributed by atoms with Gasteiger partial charge in [-0.05, 0) is 53.7 Å². The first kappa shape index (κ1) is 22.8. The molecule has 9 heteroatoms. The summed E-state index contributed by atoms with van der Waals surface area (Å²) in [5.74, 6) is 1.70. The highest BCUT2D eigenvalue weighted by atomic mass is 79.9. The van der Waals surface area contributed by atoms with Gasteiger partial charge in [-0.3, -0.25) is 9.69 Å². The lowest BCUT2D eigenvalue weighted by atomic mass is 10.00. The van der Waals surface area contributed by atoms with Crippen LogP contribution in [-0.4, -0.2) is 71.5 Å². The lowest BCUT2D eigenvalue weighted by Crippen LogP contribution is -2.49. The van der Waals surface area contributed by atoms with Crippen LogP contribution in [0.1, 0.15) is 29.8 Å². The van der Waals surface area contributed by atoms with Crippen molar-refractivity contribution < 1.29 is 24.1 Å². The first-order valence-corrected chi connectivity index (χ1v) is 11.5. The molecule has 3 heterocycles. The first-order chi connectivity index (χ1) is 15.4. The van der Waals surface area contributed by atoms with E-state index in [1.165, 1.54) is 0 Å². The molecule has 2 aromatic rings. The summed E-state index contributed by atoms with van der Waals surface area (Å²) in [5, 5.41) is 9.72. The average Bonchev–Trinajstić information content (AvgIpc) is 3.24. The van der Waals surface area contributed by atoms with Gasteiger partial charge in [0.15, 0.2) is 11.5 Å². The minimum absolute atomic E-state index is 0.0331. The SMILES string of the molecule is C[C@H](CO)N1C[C@H](C)[C@@H](CN(C)Cc2ccc3c(c2)OCO3)Oc2ncc(Br)cc2C1=O. The Balaban J connectivity index is 1.54. The van der Waals surface area contributed by atoms with Crippen molar-refractivity contribution >= 4 is 21.8 Å². The van der Waals surface area contributed by atoms with Crippen LogP contribution in [0.2, 0.25) is 0 Å². The monoisotopic (exact) mass is 505 g/mol. The largest absolute Gasteiger partial charge is 0.472 e. The van der Waals surface area contributed by atoms with E-state index in [1.807, 2.05) is 32.2 Å². The van der Waals surface area contributed by atoms with Gasteiger partial charge in [0.2, 0.25) is 12.7 Å². The topological polar surface area (TPSA) is 84.4 Å². The number of fused-ring (bicyclic) bond motifs is 2. The summed E-state index contributed by atoms with van der Waals surface area (Å²) >= 11 is 3.40. The fourth-order valence-electron chi connectivity index (χ4n) is 4.02. The second-order valence-corrected chi connectivity index (χ2v) is 9.43. The zero-order chi connectivity index (χ0) is 22.8. The number of carbonyl (C=O) groups excluding carboxylic acids is 1. The molecule has 0 saturated heterocycles. The van der Waals surface area contributed by atoms with Crippen molar-refractivity contribution in [1.29, 1.82) is 0 Å². The van der Waals surface area contributed by atoms with Crippen LogP contribution in [0, 0.1) is 5.92 Å². The van der Waals surface area contributed by atoms with Crippen LogP contribution in [0.5, 0.6) is 17.4 Å². The molecule has 1 N–H and O–H groups in total. The number of carbonyl (C=O) groups is 1. The van der Waals surface area contributed by atoms with Crippen LogP contribution < -0.4 is 14.2 Å². The Labute approximate surface area is 196 Å². The number of pyridine rings is 1. The van der Waals surface area contributed by atoms with E-state index in [4.69, 9.17) is 14.2 Å². The summed E-state index contributed by atoms with van der Waals surface area (Å²) in [6, 6.07) is 7.38. The van der Waals surface area contributed by atoms with Crippen LogP contribution >= 0.6 is 15.9 Å². The molecule has 1 amide bonds. The van der Waals surface area contributed by atoms with Crippen molar-refractivity contribution in [3.05, 3.63) is 46.1 Å². The normalized spacial score (nSPS) is 21.1. The molecule has 0 aliphatic carbocycles. The van der Waals surface area contributed by atoms with Gasteiger partial charge in [-0.15, -0.1) is 0 Å². The highest BCUT2D eigenvalue weighted by Crippen LogP contribution is 2.33. The van der Waals surface area contributed by atoms with Crippen LogP contribution in [0.25, 0.3) is 0 Å². The molecule has 1 aromatic carbocycles. The molecule has 32 heavy (non-hydrogen) atoms. The highest BCUT2D eigenvalue weighted by molar-refractivity contribution is 9.10. The van der Waals surface area contributed by atoms with E-state index in [0.29, 0.717) is 35.6 Å². The van der Waals surface area contributed by atoms with Gasteiger partial charge in [-0.25, -0.2) is 4.98 Å². The third-order valence-electron chi connectivity index (χ3n) is 5.87. The fraction of sp³-hybridized carbons (Fsp3) is 0.478. The Hall–Kier alpha value is -2.36. The summed E-state index contributed by atoms with van der Waals surface area (Å²) < 4.78 is 17.9. The van der Waals surface area contributed by atoms with Gasteiger partial charge in [-0.2, -0.15) is 0 Å². The fourth-order valence-corrected chi connectivity index (χ4v) is 4.35. The summed E-state index contributed by atoms with van der Waals surface area (Å²) in [4.78, 5) is 21.5. The van der Waals surface area contributed by atoms with E-state index in [2.05, 4.69) is 32.7 Å². The van der Waals surface area contributed by atoms with E-state index in [0.717, 1.165) is 17.1 Å². The molecule has 4 rings (SSSR count). The Bertz CT molecular complexity index is 988. The number of likely N-dealkylation sites (N-methyl/N-ethyl adjacent to an activating group) is 1. The van der Waals surface area contributed by atoms with E-state index in [1.54, 1.807) is 17.2 Å². The van der Waals surface area contributed by atoms with Crippen LogP contribution in [0.15, 0.2) is 34.9 Å². The van der Waals surface area contributed by atoms with Gasteiger partial charge in [-0.1, -0.05) is 13.0 Å². The van der Waals surface area contributed by atoms with Crippen molar-refractivity contribution in [1.82, 2.24) is 14.8 Å². The zero-order valence-electron chi connectivity index (χ0n) is 18.5. The number of benzene rings is 1. The van der Waals surface area contributed by atoms with Crippen molar-refractivity contribution in [3.8, 4) is 17.4 Å². The Morgan fingerprint density at radius 2 is 2.09 bits per heavy atom. The zero-order valence-corrected chi connectivity index (χ0v) is 20.0. The maximum absolute atomic E-state index is 13.2. The van der Waals surface area contributed by atoms with Gasteiger partial charge >= 0.3 is 0 Å². The number of rotatable bonds is 6. The van der Waals surface area contributed by atoms with Crippen molar-refractivity contribution in [2.45, 2.75) is 32.5 Å². The number of aromatic nitrogens is 1. The Morgan fingerprint density at radius 1 is 1.31 bits per heavy atom. The number of nitrogens with zero attached hydrogens (tertiary/aromatic N) is 3. The molecule has 3 atom stereocenters. The van der Waals surface area contributed by atoms with Crippen molar-refractivity contribution in [3.63, 3.8) is 0 Å². The second-order valence-electron chi connectivity index (χ2n) is 8.51. The van der Waals surface area contributed by atoms with Gasteiger partial charge in [0.1, 0.15) is 11.7 Å². The number of aliphatic hydroxyl groups is 1. The quantitative estimate of drug-likeness (QED) is 0.645. The van der Waals surface area contributed by atoms with Gasteiger partial charge < -0.3 is 24.2 Å². The molecule has 0 radical (unpaired) electrons. The standard InChI is InChI=1S/C23H28BrN3O5/c1-14-9-27(15(2)12-28)23(29)18-7-17(24)8-25-22(18)32-21(14)11-26(3)10-16-4-5-19-20(6-16)31-13-30-19/h4-8,14-15,21,28H,9-13H2,1-3H3/t14-,15+,21+/m0/s1. The van der Waals surface area contributed by atoms with Crippen LogP contribution in [0.3, 0.4) is 0 Å². The highest BCUT2D eigenvalue weighted by Gasteiger charge is 2.34. The molecular formula is C23H28BrN3O5. The minimum Gasteiger partial charge on any atom is -0.472 e. The lowest BCUT2D eigenvalue weighted by molar-refractivity contribution is 0.0325. The number of halogens is 1. The van der Waals surface area contributed by atoms with Gasteiger partial charge in [0, 0.05) is 36.2 Å². The van der Waals surface area contributed by atoms with E-state index in [9.17, 15) is 9.90 Å². The molecule has 0 bridgehead atoms. The number of hydrogen-bond donors (Lipinski definition) is 1. The summed E-state index contributed by atoms with van der Waals surface area (Å²) in [6.07, 6.45) is 1.44. The molecule has 0 spiro atoms. The number of ether oxygens (including phenoxy) is 3. The molecule has 2 aliphatic heterocycles. The maximum atomic E-state index is 13.2. The average molecular weight is 506 g/mol. The predicted octanol–water partition coefficient (Wildman–Crippen LogP) is 2.92. The molecule has 0 fully saturated rings. The lowest BCUT2D eigenvalue weighted by Gasteiger charge is -2.37. The summed E-state index contributed by atoms with van der Waals surface area (Å²) in [6.45, 7) is 5.89. The molecule has 8 nitrogen and oxygen atoms in total. The molecule has 172 valence electrons. The third kappa shape index (κ3) is 4.84. The smallest absolute Gasteiger partial charge is 0.259 e. The summed E-state index contributed by atoms with van der Waals surface area (Å²) in [5.41, 5.74) is 1.51. The molecular weight excluding hydrogens is 478 g/mol. The third-order valence-corrected chi connectivity index (χ3v) is 6.30. The van der Waals surface area contributed by atoms with Gasteiger partial charge in [0.25, 0.3) is 5.91 Å². The van der Waals surface area contributed by atoms with Crippen LogP contribution in [0.4, 0.5) is 0 Å². The van der Waals surface area contributed by atoms with Gasteiger partial charge in [0.05, 0.1) is 12.6 Å². The van der Waals surface area contributed by atoms with E-state index in [-0.39, 0.29) is 37.4 Å². The first-order valence-electron chi connectivity index (χ1n) is 10.7. The number of amides is 1.